The first-order valence-electron chi connectivity index (χ1n) is 5.36. The Morgan fingerprint density at radius 3 is 2.50 bits per heavy atom. The van der Waals surface area contributed by atoms with Crippen molar-refractivity contribution < 1.29 is 4.79 Å². The quantitative estimate of drug-likeness (QED) is 0.887. The van der Waals surface area contributed by atoms with Gasteiger partial charge in [0.15, 0.2) is 0 Å². The number of halogens is 2. The second-order valence-corrected chi connectivity index (χ2v) is 4.82. The normalized spacial score (nSPS) is 10.2. The van der Waals surface area contributed by atoms with E-state index in [1.165, 1.54) is 0 Å². The number of nitrogens with zero attached hydrogens (tertiary/aromatic N) is 3. The van der Waals surface area contributed by atoms with E-state index in [0.29, 0.717) is 13.1 Å². The summed E-state index contributed by atoms with van der Waals surface area (Å²) in [5.41, 5.74) is 5.59. The number of hydrogen-bond donors (Lipinski definition) is 1. The van der Waals surface area contributed by atoms with Crippen molar-refractivity contribution in [2.75, 3.05) is 20.1 Å². The maximum absolute atomic E-state index is 11.8. The zero-order valence-corrected chi connectivity index (χ0v) is 12.6. The second-order valence-electron chi connectivity index (χ2n) is 4.82. The third-order valence-electron chi connectivity index (χ3n) is 2.50. The van der Waals surface area contributed by atoms with Crippen LogP contribution in [0.5, 0.6) is 0 Å². The molecule has 1 aromatic heterocycles. The van der Waals surface area contributed by atoms with Gasteiger partial charge in [-0.1, -0.05) is 13.8 Å². The molecule has 0 aliphatic carbocycles. The fourth-order valence-electron chi connectivity index (χ4n) is 1.45. The van der Waals surface area contributed by atoms with E-state index in [9.17, 15) is 4.79 Å². The zero-order valence-electron chi connectivity index (χ0n) is 11.0. The number of amides is 1. The van der Waals surface area contributed by atoms with Crippen LogP contribution in [0, 0.1) is 5.41 Å². The van der Waals surface area contributed by atoms with Crippen LogP contribution in [0.1, 0.15) is 13.8 Å². The maximum Gasteiger partial charge on any atom is 0.244 e. The zero-order chi connectivity index (χ0) is 12.2. The van der Waals surface area contributed by atoms with Crippen molar-refractivity contribution in [3.8, 4) is 0 Å². The highest BCUT2D eigenvalue weighted by molar-refractivity contribution is 5.85. The highest BCUT2D eigenvalue weighted by Crippen LogP contribution is 2.13. The van der Waals surface area contributed by atoms with Gasteiger partial charge < -0.3 is 10.6 Å². The molecule has 1 rings (SSSR count). The predicted octanol–water partition coefficient (Wildman–Crippen LogP) is 1.17. The molecule has 0 bridgehead atoms. The number of nitrogens with two attached hydrogens (primary N) is 1. The van der Waals surface area contributed by atoms with Gasteiger partial charge >= 0.3 is 0 Å². The lowest BCUT2D eigenvalue weighted by Gasteiger charge is -2.29. The Bertz CT molecular complexity index is 341. The van der Waals surface area contributed by atoms with Crippen LogP contribution in [0.3, 0.4) is 0 Å². The van der Waals surface area contributed by atoms with E-state index in [1.807, 2.05) is 13.8 Å². The van der Waals surface area contributed by atoms with Crippen LogP contribution in [0.25, 0.3) is 0 Å². The molecule has 1 aromatic rings. The third kappa shape index (κ3) is 6.23. The molecule has 18 heavy (non-hydrogen) atoms. The molecule has 0 atom stereocenters. The average molecular weight is 297 g/mol. The van der Waals surface area contributed by atoms with E-state index in [4.69, 9.17) is 5.73 Å². The fraction of sp³-hybridized carbons (Fsp3) is 0.636. The summed E-state index contributed by atoms with van der Waals surface area (Å²) >= 11 is 0. The van der Waals surface area contributed by atoms with Gasteiger partial charge in [0, 0.05) is 26.0 Å². The van der Waals surface area contributed by atoms with E-state index in [0.717, 1.165) is 0 Å². The summed E-state index contributed by atoms with van der Waals surface area (Å²) < 4.78 is 1.62. The smallest absolute Gasteiger partial charge is 0.244 e. The van der Waals surface area contributed by atoms with Crippen LogP contribution in [-0.2, 0) is 11.3 Å². The molecule has 0 spiro atoms. The summed E-state index contributed by atoms with van der Waals surface area (Å²) in [6, 6.07) is 1.80. The molecule has 2 N–H and O–H groups in total. The molecule has 5 nitrogen and oxygen atoms in total. The minimum atomic E-state index is -0.0471. The molecule has 0 saturated carbocycles. The molecule has 0 aliphatic heterocycles. The van der Waals surface area contributed by atoms with Gasteiger partial charge in [0.1, 0.15) is 6.54 Å². The summed E-state index contributed by atoms with van der Waals surface area (Å²) in [4.78, 5) is 13.5. The molecule has 0 radical (unpaired) electrons. The van der Waals surface area contributed by atoms with Crippen LogP contribution in [0.4, 0.5) is 0 Å². The van der Waals surface area contributed by atoms with Crippen LogP contribution >= 0.6 is 24.8 Å². The van der Waals surface area contributed by atoms with Crippen molar-refractivity contribution in [2.24, 2.45) is 11.1 Å². The Kier molecular flexibility index (Phi) is 9.07. The number of aromatic nitrogens is 2. The van der Waals surface area contributed by atoms with Crippen molar-refractivity contribution in [3.63, 3.8) is 0 Å². The summed E-state index contributed by atoms with van der Waals surface area (Å²) in [5.74, 6) is 0.0465. The molecule has 0 unspecified atom stereocenters. The van der Waals surface area contributed by atoms with Gasteiger partial charge in [-0.05, 0) is 18.0 Å². The molecule has 0 aromatic carbocycles. The molecule has 0 fully saturated rings. The summed E-state index contributed by atoms with van der Waals surface area (Å²) in [5, 5.41) is 4.00. The molecule has 106 valence electrons. The van der Waals surface area contributed by atoms with Gasteiger partial charge in [-0.15, -0.1) is 24.8 Å². The van der Waals surface area contributed by atoms with Crippen molar-refractivity contribution in [3.05, 3.63) is 18.5 Å². The van der Waals surface area contributed by atoms with Crippen LogP contribution in [-0.4, -0.2) is 40.7 Å². The van der Waals surface area contributed by atoms with Gasteiger partial charge in [0.2, 0.25) is 5.91 Å². The highest BCUT2D eigenvalue weighted by Gasteiger charge is 2.21. The summed E-state index contributed by atoms with van der Waals surface area (Å²) in [6.07, 6.45) is 3.44. The van der Waals surface area contributed by atoms with Crippen molar-refractivity contribution in [1.29, 1.82) is 0 Å². The molecule has 1 heterocycles. The van der Waals surface area contributed by atoms with Gasteiger partial charge in [-0.3, -0.25) is 9.48 Å². The first-order valence-corrected chi connectivity index (χ1v) is 5.36. The Balaban J connectivity index is 0. The lowest BCUT2D eigenvalue weighted by Crippen LogP contribution is -2.41. The van der Waals surface area contributed by atoms with Gasteiger partial charge in [-0.25, -0.2) is 0 Å². The van der Waals surface area contributed by atoms with Crippen molar-refractivity contribution in [1.82, 2.24) is 14.7 Å². The number of carbonyl (C=O) groups excluding carboxylic acids is 1. The largest absolute Gasteiger partial charge is 0.344 e. The van der Waals surface area contributed by atoms with Gasteiger partial charge in [0.25, 0.3) is 0 Å². The lowest BCUT2D eigenvalue weighted by molar-refractivity contribution is -0.131. The lowest BCUT2D eigenvalue weighted by atomic mass is 9.93. The summed E-state index contributed by atoms with van der Waals surface area (Å²) in [6.45, 7) is 5.59. The Labute approximate surface area is 121 Å². The van der Waals surface area contributed by atoms with E-state index >= 15 is 0 Å². The average Bonchev–Trinajstić information content (AvgIpc) is 2.69. The van der Waals surface area contributed by atoms with Gasteiger partial charge in [0.05, 0.1) is 0 Å². The van der Waals surface area contributed by atoms with E-state index in [2.05, 4.69) is 5.10 Å². The van der Waals surface area contributed by atoms with Crippen LogP contribution in [0.15, 0.2) is 18.5 Å². The van der Waals surface area contributed by atoms with E-state index in [-0.39, 0.29) is 42.7 Å². The topological polar surface area (TPSA) is 64.2 Å². The molecule has 7 heteroatoms. The number of rotatable bonds is 5. The first-order chi connectivity index (χ1) is 7.44. The molecular weight excluding hydrogens is 275 g/mol. The van der Waals surface area contributed by atoms with Crippen LogP contribution < -0.4 is 5.73 Å². The number of likely N-dealkylation sites (N-methyl/N-ethyl adjacent to an activating group) is 1. The molecular formula is C11H22Cl2N4O. The maximum atomic E-state index is 11.8. The monoisotopic (exact) mass is 296 g/mol. The van der Waals surface area contributed by atoms with E-state index < -0.39 is 0 Å². The first kappa shape index (κ1) is 19.6. The number of carbonyl (C=O) groups is 1. The SMILES string of the molecule is CN(CC(C)(C)CN)C(=O)Cn1cccn1.Cl.Cl. The minimum absolute atomic E-state index is 0. The third-order valence-corrected chi connectivity index (χ3v) is 2.50. The van der Waals surface area contributed by atoms with Crippen LogP contribution in [0.2, 0.25) is 0 Å². The Hall–Kier alpha value is -0.780. The molecule has 0 saturated heterocycles. The van der Waals surface area contributed by atoms with Crippen molar-refractivity contribution >= 4 is 30.7 Å². The molecule has 0 aliphatic rings. The fourth-order valence-corrected chi connectivity index (χ4v) is 1.45. The standard InChI is InChI=1S/C11H20N4O.2ClH/c1-11(2,8-12)9-14(3)10(16)7-15-6-4-5-13-15;;/h4-6H,7-9,12H2,1-3H3;2*1H. The van der Waals surface area contributed by atoms with Gasteiger partial charge in [-0.2, -0.15) is 5.10 Å². The highest BCUT2D eigenvalue weighted by atomic mass is 35.5. The minimum Gasteiger partial charge on any atom is -0.344 e. The van der Waals surface area contributed by atoms with Crippen molar-refractivity contribution in [2.45, 2.75) is 20.4 Å². The number of hydrogen-bond acceptors (Lipinski definition) is 3. The summed E-state index contributed by atoms with van der Waals surface area (Å²) in [7, 11) is 1.79. The predicted molar refractivity (Wildman–Crippen MR) is 77.2 cm³/mol. The Morgan fingerprint density at radius 1 is 1.44 bits per heavy atom. The Morgan fingerprint density at radius 2 is 2.06 bits per heavy atom. The second kappa shape index (κ2) is 8.34. The molecule has 1 amide bonds. The van der Waals surface area contributed by atoms with E-state index in [1.54, 1.807) is 35.1 Å².